The van der Waals surface area contributed by atoms with Gasteiger partial charge in [-0.3, -0.25) is 4.90 Å². The largest absolute Gasteiger partial charge is 0.302 e. The van der Waals surface area contributed by atoms with Crippen molar-refractivity contribution in [1.82, 2.24) is 10.2 Å². The molecule has 0 aromatic carbocycles. The highest BCUT2D eigenvalue weighted by Crippen LogP contribution is 2.24. The second kappa shape index (κ2) is 4.96. The lowest BCUT2D eigenvalue weighted by Gasteiger charge is -2.42. The van der Waals surface area contributed by atoms with Crippen LogP contribution in [0.1, 0.15) is 40.0 Å². The maximum atomic E-state index is 9.15. The molecule has 0 aromatic heterocycles. The van der Waals surface area contributed by atoms with Gasteiger partial charge in [-0.05, 0) is 40.7 Å². The standard InChI is InChI=1S/C12H23N3/c1-10-6-5-7-11(2)15(10)9-12(3,8-13)14-4/h10-11,14H,5-7,9H2,1-4H3/t10-,11+,12?. The Morgan fingerprint density at radius 1 is 1.40 bits per heavy atom. The first-order valence-electron chi connectivity index (χ1n) is 5.88. The van der Waals surface area contributed by atoms with Crippen LogP contribution in [-0.2, 0) is 0 Å². The van der Waals surface area contributed by atoms with Gasteiger partial charge in [-0.2, -0.15) is 5.26 Å². The third-order valence-corrected chi connectivity index (χ3v) is 3.67. The predicted octanol–water partition coefficient (Wildman–Crippen LogP) is 1.75. The van der Waals surface area contributed by atoms with Gasteiger partial charge in [0, 0.05) is 18.6 Å². The van der Waals surface area contributed by atoms with E-state index in [0.29, 0.717) is 12.1 Å². The van der Waals surface area contributed by atoms with E-state index in [9.17, 15) is 0 Å². The zero-order valence-electron chi connectivity index (χ0n) is 10.4. The van der Waals surface area contributed by atoms with Crippen LogP contribution in [0.5, 0.6) is 0 Å². The summed E-state index contributed by atoms with van der Waals surface area (Å²) in [5.74, 6) is 0. The second-order valence-corrected chi connectivity index (χ2v) is 5.00. The number of nitrogens with zero attached hydrogens (tertiary/aromatic N) is 2. The Balaban J connectivity index is 2.66. The zero-order chi connectivity index (χ0) is 11.5. The van der Waals surface area contributed by atoms with Crippen molar-refractivity contribution in [2.24, 2.45) is 0 Å². The van der Waals surface area contributed by atoms with Gasteiger partial charge < -0.3 is 5.32 Å². The first-order valence-corrected chi connectivity index (χ1v) is 5.88. The summed E-state index contributed by atoms with van der Waals surface area (Å²) < 4.78 is 0. The van der Waals surface area contributed by atoms with Gasteiger partial charge in [0.2, 0.25) is 0 Å². The van der Waals surface area contributed by atoms with Crippen molar-refractivity contribution in [3.05, 3.63) is 0 Å². The molecule has 3 atom stereocenters. The number of nitriles is 1. The molecular weight excluding hydrogens is 186 g/mol. The number of nitrogens with one attached hydrogen (secondary N) is 1. The van der Waals surface area contributed by atoms with Crippen molar-refractivity contribution in [1.29, 1.82) is 5.26 Å². The van der Waals surface area contributed by atoms with E-state index in [1.807, 2.05) is 14.0 Å². The molecule has 0 saturated carbocycles. The molecule has 1 aliphatic rings. The first-order chi connectivity index (χ1) is 7.02. The van der Waals surface area contributed by atoms with Crippen molar-refractivity contribution in [2.45, 2.75) is 57.7 Å². The number of rotatable bonds is 3. The van der Waals surface area contributed by atoms with E-state index in [1.54, 1.807) is 0 Å². The van der Waals surface area contributed by atoms with Crippen LogP contribution in [0.2, 0.25) is 0 Å². The third kappa shape index (κ3) is 2.93. The topological polar surface area (TPSA) is 39.1 Å². The molecule has 1 rings (SSSR count). The van der Waals surface area contributed by atoms with E-state index in [0.717, 1.165) is 6.54 Å². The molecule has 1 saturated heterocycles. The lowest BCUT2D eigenvalue weighted by molar-refractivity contribution is 0.0832. The molecule has 1 aliphatic heterocycles. The zero-order valence-corrected chi connectivity index (χ0v) is 10.4. The highest BCUT2D eigenvalue weighted by Gasteiger charge is 2.31. The van der Waals surface area contributed by atoms with Crippen LogP contribution in [0.25, 0.3) is 0 Å². The minimum Gasteiger partial charge on any atom is -0.302 e. The summed E-state index contributed by atoms with van der Waals surface area (Å²) in [6.07, 6.45) is 3.84. The summed E-state index contributed by atoms with van der Waals surface area (Å²) in [6.45, 7) is 7.33. The van der Waals surface area contributed by atoms with Gasteiger partial charge in [0.25, 0.3) is 0 Å². The third-order valence-electron chi connectivity index (χ3n) is 3.67. The molecule has 0 spiro atoms. The van der Waals surface area contributed by atoms with E-state index in [2.05, 4.69) is 30.1 Å². The van der Waals surface area contributed by atoms with Crippen LogP contribution in [0.15, 0.2) is 0 Å². The molecule has 86 valence electrons. The monoisotopic (exact) mass is 209 g/mol. The van der Waals surface area contributed by atoms with Crippen molar-refractivity contribution in [3.63, 3.8) is 0 Å². The van der Waals surface area contributed by atoms with Gasteiger partial charge in [-0.25, -0.2) is 0 Å². The van der Waals surface area contributed by atoms with Crippen LogP contribution in [0.4, 0.5) is 0 Å². The molecule has 1 N–H and O–H groups in total. The Morgan fingerprint density at radius 2 is 1.93 bits per heavy atom. The van der Waals surface area contributed by atoms with Gasteiger partial charge in [0.1, 0.15) is 5.54 Å². The lowest BCUT2D eigenvalue weighted by Crippen LogP contribution is -2.55. The molecule has 0 bridgehead atoms. The summed E-state index contributed by atoms with van der Waals surface area (Å²) >= 11 is 0. The summed E-state index contributed by atoms with van der Waals surface area (Å²) in [5, 5.41) is 12.3. The van der Waals surface area contributed by atoms with Crippen LogP contribution < -0.4 is 5.32 Å². The summed E-state index contributed by atoms with van der Waals surface area (Å²) in [6, 6.07) is 3.58. The SMILES string of the molecule is CNC(C)(C#N)CN1[C@H](C)CCC[C@@H]1C. The molecular formula is C12H23N3. The molecule has 3 nitrogen and oxygen atoms in total. The fourth-order valence-corrected chi connectivity index (χ4v) is 2.32. The molecule has 15 heavy (non-hydrogen) atoms. The van der Waals surface area contributed by atoms with Crippen molar-refractivity contribution < 1.29 is 0 Å². The molecule has 1 heterocycles. The average molecular weight is 209 g/mol. The van der Waals surface area contributed by atoms with Gasteiger partial charge in [0.15, 0.2) is 0 Å². The Bertz CT molecular complexity index is 236. The van der Waals surface area contributed by atoms with Gasteiger partial charge in [-0.1, -0.05) is 6.42 Å². The number of likely N-dealkylation sites (tertiary alicyclic amines) is 1. The average Bonchev–Trinajstić information content (AvgIpc) is 2.23. The number of hydrogen-bond donors (Lipinski definition) is 1. The van der Waals surface area contributed by atoms with Gasteiger partial charge >= 0.3 is 0 Å². The quantitative estimate of drug-likeness (QED) is 0.769. The highest BCUT2D eigenvalue weighted by atomic mass is 15.2. The van der Waals surface area contributed by atoms with E-state index in [-0.39, 0.29) is 0 Å². The molecule has 0 aliphatic carbocycles. The van der Waals surface area contributed by atoms with Gasteiger partial charge in [0.05, 0.1) is 6.07 Å². The minimum atomic E-state index is -0.417. The molecule has 0 amide bonds. The Morgan fingerprint density at radius 3 is 2.33 bits per heavy atom. The van der Waals surface area contributed by atoms with Gasteiger partial charge in [-0.15, -0.1) is 0 Å². The van der Waals surface area contributed by atoms with Crippen LogP contribution in [0, 0.1) is 11.3 Å². The molecule has 1 unspecified atom stereocenters. The van der Waals surface area contributed by atoms with Crippen molar-refractivity contribution >= 4 is 0 Å². The van der Waals surface area contributed by atoms with Crippen molar-refractivity contribution in [3.8, 4) is 6.07 Å². The number of piperidine rings is 1. The molecule has 3 heteroatoms. The maximum Gasteiger partial charge on any atom is 0.116 e. The van der Waals surface area contributed by atoms with E-state index in [4.69, 9.17) is 5.26 Å². The Labute approximate surface area is 93.5 Å². The first kappa shape index (κ1) is 12.5. The predicted molar refractivity (Wildman–Crippen MR) is 62.6 cm³/mol. The van der Waals surface area contributed by atoms with Crippen LogP contribution >= 0.6 is 0 Å². The number of likely N-dealkylation sites (N-methyl/N-ethyl adjacent to an activating group) is 1. The summed E-state index contributed by atoms with van der Waals surface area (Å²) in [4.78, 5) is 2.46. The van der Waals surface area contributed by atoms with Crippen LogP contribution in [0.3, 0.4) is 0 Å². The number of hydrogen-bond acceptors (Lipinski definition) is 3. The summed E-state index contributed by atoms with van der Waals surface area (Å²) in [7, 11) is 1.86. The van der Waals surface area contributed by atoms with E-state index >= 15 is 0 Å². The minimum absolute atomic E-state index is 0.417. The molecule has 1 fully saturated rings. The van der Waals surface area contributed by atoms with E-state index < -0.39 is 5.54 Å². The fraction of sp³-hybridized carbons (Fsp3) is 0.917. The Kier molecular flexibility index (Phi) is 4.12. The molecule has 0 aromatic rings. The van der Waals surface area contributed by atoms with E-state index in [1.165, 1.54) is 19.3 Å². The maximum absolute atomic E-state index is 9.15. The molecule has 0 radical (unpaired) electrons. The van der Waals surface area contributed by atoms with Crippen LogP contribution in [-0.4, -0.2) is 36.1 Å². The highest BCUT2D eigenvalue weighted by molar-refractivity contribution is 5.06. The smallest absolute Gasteiger partial charge is 0.116 e. The summed E-state index contributed by atoms with van der Waals surface area (Å²) in [5.41, 5.74) is -0.417. The fourth-order valence-electron chi connectivity index (χ4n) is 2.32. The Hall–Kier alpha value is -0.590. The van der Waals surface area contributed by atoms with Crippen molar-refractivity contribution in [2.75, 3.05) is 13.6 Å². The normalized spacial score (nSPS) is 31.9. The second-order valence-electron chi connectivity index (χ2n) is 5.00. The lowest BCUT2D eigenvalue weighted by atomic mass is 9.94.